The summed E-state index contributed by atoms with van der Waals surface area (Å²) in [6.07, 6.45) is 4.53. The van der Waals surface area contributed by atoms with Crippen LogP contribution in [0.2, 0.25) is 0 Å². The maximum absolute atomic E-state index is 10.5. The van der Waals surface area contributed by atoms with Crippen LogP contribution in [0.1, 0.15) is 19.8 Å². The highest BCUT2D eigenvalue weighted by Gasteiger charge is 2.22. The number of hydrogen-bond acceptors (Lipinski definition) is 5. The fourth-order valence-corrected chi connectivity index (χ4v) is 2.47. The number of likely N-dealkylation sites (tertiary alicyclic amines) is 1. The number of aliphatic hydroxyl groups is 1. The van der Waals surface area contributed by atoms with Crippen molar-refractivity contribution < 1.29 is 10.0 Å². The second kappa shape index (κ2) is 6.12. The highest BCUT2D eigenvalue weighted by atomic mass is 16.6. The second-order valence-corrected chi connectivity index (χ2v) is 5.14. The number of aromatic nitrogens is 2. The molecule has 1 aliphatic rings. The lowest BCUT2D eigenvalue weighted by atomic mass is 9.92. The van der Waals surface area contributed by atoms with Crippen LogP contribution in [0.4, 0.5) is 5.69 Å². The molecule has 0 spiro atoms. The monoisotopic (exact) mass is 268 g/mol. The molecule has 1 aromatic rings. The topological polar surface area (TPSA) is 84.4 Å². The number of rotatable bonds is 5. The SMILES string of the molecule is CC(O)C1CCN(CCn2cc([N+](=O)[O-])cn2)CC1. The molecule has 0 radical (unpaired) electrons. The Morgan fingerprint density at radius 1 is 1.53 bits per heavy atom. The van der Waals surface area contributed by atoms with Crippen LogP contribution in [0.25, 0.3) is 0 Å². The van der Waals surface area contributed by atoms with Gasteiger partial charge < -0.3 is 10.0 Å². The van der Waals surface area contributed by atoms with Crippen LogP contribution in [0, 0.1) is 16.0 Å². The molecule has 19 heavy (non-hydrogen) atoms. The Morgan fingerprint density at radius 3 is 2.74 bits per heavy atom. The van der Waals surface area contributed by atoms with Crippen molar-refractivity contribution >= 4 is 5.69 Å². The lowest BCUT2D eigenvalue weighted by Gasteiger charge is -2.33. The zero-order chi connectivity index (χ0) is 13.8. The molecule has 2 rings (SSSR count). The highest BCUT2D eigenvalue weighted by Crippen LogP contribution is 2.20. The lowest BCUT2D eigenvalue weighted by Crippen LogP contribution is -2.38. The van der Waals surface area contributed by atoms with Gasteiger partial charge in [0, 0.05) is 6.54 Å². The Morgan fingerprint density at radius 2 is 2.21 bits per heavy atom. The molecule has 1 atom stereocenters. The third-order valence-electron chi connectivity index (χ3n) is 3.79. The van der Waals surface area contributed by atoms with Crippen LogP contribution >= 0.6 is 0 Å². The van der Waals surface area contributed by atoms with Crippen molar-refractivity contribution in [1.29, 1.82) is 0 Å². The van der Waals surface area contributed by atoms with Gasteiger partial charge in [-0.15, -0.1) is 0 Å². The number of hydrogen-bond donors (Lipinski definition) is 1. The summed E-state index contributed by atoms with van der Waals surface area (Å²) in [7, 11) is 0. The number of piperidine rings is 1. The van der Waals surface area contributed by atoms with E-state index in [1.54, 1.807) is 4.68 Å². The lowest BCUT2D eigenvalue weighted by molar-refractivity contribution is -0.385. The smallest absolute Gasteiger partial charge is 0.306 e. The van der Waals surface area contributed by atoms with Gasteiger partial charge in [0.25, 0.3) is 0 Å². The molecule has 2 heterocycles. The van der Waals surface area contributed by atoms with Gasteiger partial charge in [-0.05, 0) is 38.8 Å². The summed E-state index contributed by atoms with van der Waals surface area (Å²) >= 11 is 0. The van der Waals surface area contributed by atoms with Crippen LogP contribution in [0.5, 0.6) is 0 Å². The first-order valence-electron chi connectivity index (χ1n) is 6.63. The first kappa shape index (κ1) is 14.0. The fourth-order valence-electron chi connectivity index (χ4n) is 2.47. The van der Waals surface area contributed by atoms with Crippen molar-refractivity contribution in [3.63, 3.8) is 0 Å². The molecule has 1 fully saturated rings. The molecular formula is C12H20N4O3. The van der Waals surface area contributed by atoms with E-state index in [0.717, 1.165) is 32.5 Å². The van der Waals surface area contributed by atoms with Gasteiger partial charge in [-0.25, -0.2) is 0 Å². The summed E-state index contributed by atoms with van der Waals surface area (Å²) in [5.41, 5.74) is 0.0350. The Bertz CT molecular complexity index is 424. The zero-order valence-corrected chi connectivity index (χ0v) is 11.1. The third-order valence-corrected chi connectivity index (χ3v) is 3.79. The van der Waals surface area contributed by atoms with E-state index in [-0.39, 0.29) is 11.8 Å². The van der Waals surface area contributed by atoms with Gasteiger partial charge in [-0.3, -0.25) is 14.8 Å². The molecule has 7 nitrogen and oxygen atoms in total. The maximum atomic E-state index is 10.5. The van der Waals surface area contributed by atoms with Gasteiger partial charge in [0.05, 0.1) is 17.6 Å². The van der Waals surface area contributed by atoms with E-state index < -0.39 is 4.92 Å². The third kappa shape index (κ3) is 3.74. The molecule has 7 heteroatoms. The molecule has 1 N–H and O–H groups in total. The summed E-state index contributed by atoms with van der Waals surface area (Å²) in [6, 6.07) is 0. The molecular weight excluding hydrogens is 248 g/mol. The molecule has 1 saturated heterocycles. The van der Waals surface area contributed by atoms with Crippen LogP contribution in [0.3, 0.4) is 0 Å². The maximum Gasteiger partial charge on any atom is 0.306 e. The summed E-state index contributed by atoms with van der Waals surface area (Å²) in [4.78, 5) is 12.4. The van der Waals surface area contributed by atoms with Crippen molar-refractivity contribution in [1.82, 2.24) is 14.7 Å². The van der Waals surface area contributed by atoms with Crippen molar-refractivity contribution in [2.24, 2.45) is 5.92 Å². The summed E-state index contributed by atoms with van der Waals surface area (Å²) < 4.78 is 1.61. The van der Waals surface area contributed by atoms with Crippen molar-refractivity contribution in [3.05, 3.63) is 22.5 Å². The van der Waals surface area contributed by atoms with E-state index in [9.17, 15) is 15.2 Å². The number of aliphatic hydroxyl groups excluding tert-OH is 1. The van der Waals surface area contributed by atoms with E-state index in [2.05, 4.69) is 10.00 Å². The van der Waals surface area contributed by atoms with E-state index in [1.165, 1.54) is 12.4 Å². The van der Waals surface area contributed by atoms with Gasteiger partial charge in [0.1, 0.15) is 12.4 Å². The zero-order valence-electron chi connectivity index (χ0n) is 11.1. The Balaban J connectivity index is 1.75. The highest BCUT2D eigenvalue weighted by molar-refractivity contribution is 5.20. The van der Waals surface area contributed by atoms with Gasteiger partial charge in [-0.2, -0.15) is 5.10 Å². The predicted molar refractivity (Wildman–Crippen MR) is 69.7 cm³/mol. The Hall–Kier alpha value is -1.47. The second-order valence-electron chi connectivity index (χ2n) is 5.14. The van der Waals surface area contributed by atoms with E-state index >= 15 is 0 Å². The van der Waals surface area contributed by atoms with Crippen molar-refractivity contribution in [2.75, 3.05) is 19.6 Å². The average molecular weight is 268 g/mol. The predicted octanol–water partition coefficient (Wildman–Crippen LogP) is 0.884. The molecule has 0 aromatic carbocycles. The normalized spacial score (nSPS) is 19.5. The molecule has 0 saturated carbocycles. The Kier molecular flexibility index (Phi) is 4.49. The van der Waals surface area contributed by atoms with Crippen LogP contribution < -0.4 is 0 Å². The van der Waals surface area contributed by atoms with Crippen molar-refractivity contribution in [2.45, 2.75) is 32.4 Å². The van der Waals surface area contributed by atoms with Gasteiger partial charge in [0.15, 0.2) is 0 Å². The molecule has 0 bridgehead atoms. The minimum atomic E-state index is -0.433. The fraction of sp³-hybridized carbons (Fsp3) is 0.750. The molecule has 106 valence electrons. The minimum Gasteiger partial charge on any atom is -0.393 e. The largest absolute Gasteiger partial charge is 0.393 e. The minimum absolute atomic E-state index is 0.0350. The summed E-state index contributed by atoms with van der Waals surface area (Å²) in [5, 5.41) is 24.0. The van der Waals surface area contributed by atoms with E-state index in [0.29, 0.717) is 12.5 Å². The average Bonchev–Trinajstić information content (AvgIpc) is 2.86. The number of nitro groups is 1. The van der Waals surface area contributed by atoms with Crippen molar-refractivity contribution in [3.8, 4) is 0 Å². The molecule has 1 unspecified atom stereocenters. The molecule has 0 amide bonds. The van der Waals surface area contributed by atoms with Gasteiger partial charge >= 0.3 is 5.69 Å². The number of nitrogens with zero attached hydrogens (tertiary/aromatic N) is 4. The summed E-state index contributed by atoms with van der Waals surface area (Å²) in [5.74, 6) is 0.405. The Labute approximate surface area is 112 Å². The van der Waals surface area contributed by atoms with Crippen LogP contribution in [-0.2, 0) is 6.54 Å². The molecule has 1 aliphatic heterocycles. The quantitative estimate of drug-likeness (QED) is 0.633. The first-order valence-corrected chi connectivity index (χ1v) is 6.63. The van der Waals surface area contributed by atoms with Gasteiger partial charge in [0.2, 0.25) is 0 Å². The summed E-state index contributed by atoms with van der Waals surface area (Å²) in [6.45, 7) is 5.29. The van der Waals surface area contributed by atoms with Gasteiger partial charge in [-0.1, -0.05) is 0 Å². The van der Waals surface area contributed by atoms with Crippen LogP contribution in [-0.4, -0.2) is 50.4 Å². The molecule has 1 aromatic heterocycles. The van der Waals surface area contributed by atoms with E-state index in [4.69, 9.17) is 0 Å². The molecule has 0 aliphatic carbocycles. The first-order chi connectivity index (χ1) is 9.06. The van der Waals surface area contributed by atoms with E-state index in [1.807, 2.05) is 6.92 Å². The standard InChI is InChI=1S/C12H20N4O3/c1-10(17)11-2-4-14(5-3-11)6-7-15-9-12(8-13-15)16(18)19/h8-11,17H,2-7H2,1H3. The van der Waals surface area contributed by atoms with Crippen LogP contribution in [0.15, 0.2) is 12.4 Å².